The van der Waals surface area contributed by atoms with Crippen LogP contribution in [0.3, 0.4) is 0 Å². The van der Waals surface area contributed by atoms with Gasteiger partial charge in [0.1, 0.15) is 12.7 Å². The van der Waals surface area contributed by atoms with E-state index in [4.69, 9.17) is 18.9 Å². The van der Waals surface area contributed by atoms with Gasteiger partial charge in [0, 0.05) is 6.08 Å². The van der Waals surface area contributed by atoms with Gasteiger partial charge in [0.05, 0.1) is 32.0 Å². The minimum Gasteiger partial charge on any atom is -0.460 e. The lowest BCUT2D eigenvalue weighted by Gasteiger charge is -2.17. The minimum atomic E-state index is -0.435. The van der Waals surface area contributed by atoms with Crippen LogP contribution >= 0.6 is 0 Å². The highest BCUT2D eigenvalue weighted by molar-refractivity contribution is 5.81. The Morgan fingerprint density at radius 1 is 1.41 bits per heavy atom. The summed E-state index contributed by atoms with van der Waals surface area (Å²) in [5.41, 5.74) is 0. The zero-order chi connectivity index (χ0) is 12.7. The van der Waals surface area contributed by atoms with Crippen molar-refractivity contribution >= 4 is 5.97 Å². The molecule has 0 amide bonds. The Bertz CT molecular complexity index is 249. The zero-order valence-electron chi connectivity index (χ0n) is 10.4. The maximum Gasteiger partial charge on any atom is 0.330 e. The van der Waals surface area contributed by atoms with Gasteiger partial charge < -0.3 is 18.9 Å². The van der Waals surface area contributed by atoms with E-state index >= 15 is 0 Å². The van der Waals surface area contributed by atoms with Crippen LogP contribution in [0.2, 0.25) is 0 Å². The van der Waals surface area contributed by atoms with Gasteiger partial charge in [-0.15, -0.1) is 0 Å². The van der Waals surface area contributed by atoms with Gasteiger partial charge in [-0.25, -0.2) is 4.79 Å². The van der Waals surface area contributed by atoms with Crippen molar-refractivity contribution in [3.63, 3.8) is 0 Å². The number of hydrogen-bond acceptors (Lipinski definition) is 5. The van der Waals surface area contributed by atoms with E-state index in [0.29, 0.717) is 13.2 Å². The molecule has 0 radical (unpaired) electrons. The maximum atomic E-state index is 10.8. The van der Waals surface area contributed by atoms with Crippen LogP contribution in [-0.4, -0.2) is 50.7 Å². The molecule has 5 nitrogen and oxygen atoms in total. The van der Waals surface area contributed by atoms with Crippen LogP contribution in [-0.2, 0) is 23.7 Å². The number of ether oxygens (including phenoxy) is 4. The second-order valence-electron chi connectivity index (χ2n) is 4.08. The van der Waals surface area contributed by atoms with E-state index in [0.717, 1.165) is 12.7 Å². The molecular weight excluding hydrogens is 224 g/mol. The Morgan fingerprint density at radius 2 is 2.06 bits per heavy atom. The topological polar surface area (TPSA) is 57.3 Å². The van der Waals surface area contributed by atoms with Gasteiger partial charge in [-0.2, -0.15) is 0 Å². The number of carbonyl (C=O) groups excluding carboxylic acids is 1. The predicted octanol–water partition coefficient (Wildman–Crippen LogP) is 0.925. The smallest absolute Gasteiger partial charge is 0.330 e. The Labute approximate surface area is 102 Å². The second kappa shape index (κ2) is 7.42. The van der Waals surface area contributed by atoms with Crippen LogP contribution in [0.5, 0.6) is 0 Å². The highest BCUT2D eigenvalue weighted by Gasteiger charge is 2.23. The molecule has 0 bridgehead atoms. The van der Waals surface area contributed by atoms with Crippen LogP contribution < -0.4 is 0 Å². The van der Waals surface area contributed by atoms with E-state index in [9.17, 15) is 4.79 Å². The Morgan fingerprint density at radius 3 is 2.65 bits per heavy atom. The molecule has 3 atom stereocenters. The molecule has 0 spiro atoms. The van der Waals surface area contributed by atoms with Crippen molar-refractivity contribution in [2.75, 3.05) is 26.4 Å². The van der Waals surface area contributed by atoms with Crippen LogP contribution in [0.15, 0.2) is 12.7 Å². The number of rotatable bonds is 9. The number of hydrogen-bond donors (Lipinski definition) is 0. The SMILES string of the molecule is C=CC(=O)OCC(C)OCC(C)OCC1CO1. The molecule has 0 aliphatic carbocycles. The molecule has 0 aromatic heterocycles. The fraction of sp³-hybridized carbons (Fsp3) is 0.750. The molecule has 1 rings (SSSR count). The predicted molar refractivity (Wildman–Crippen MR) is 61.7 cm³/mol. The molecular formula is C12H20O5. The van der Waals surface area contributed by atoms with Gasteiger partial charge in [0.2, 0.25) is 0 Å². The monoisotopic (exact) mass is 244 g/mol. The lowest BCUT2D eigenvalue weighted by atomic mass is 10.4. The van der Waals surface area contributed by atoms with Crippen LogP contribution in [0, 0.1) is 0 Å². The van der Waals surface area contributed by atoms with E-state index in [1.165, 1.54) is 0 Å². The van der Waals surface area contributed by atoms with E-state index in [-0.39, 0.29) is 24.9 Å². The van der Waals surface area contributed by atoms with Gasteiger partial charge in [0.25, 0.3) is 0 Å². The highest BCUT2D eigenvalue weighted by Crippen LogP contribution is 2.10. The quantitative estimate of drug-likeness (QED) is 0.343. The lowest BCUT2D eigenvalue weighted by molar-refractivity contribution is -0.142. The first-order chi connectivity index (χ1) is 8.11. The lowest BCUT2D eigenvalue weighted by Crippen LogP contribution is -2.25. The first kappa shape index (κ1) is 14.2. The number of esters is 1. The first-order valence-electron chi connectivity index (χ1n) is 5.75. The molecule has 1 aliphatic heterocycles. The fourth-order valence-electron chi connectivity index (χ4n) is 1.09. The van der Waals surface area contributed by atoms with Gasteiger partial charge in [-0.3, -0.25) is 0 Å². The molecule has 17 heavy (non-hydrogen) atoms. The second-order valence-corrected chi connectivity index (χ2v) is 4.08. The number of epoxide rings is 1. The summed E-state index contributed by atoms with van der Waals surface area (Å²) in [6.07, 6.45) is 1.26. The largest absolute Gasteiger partial charge is 0.460 e. The van der Waals surface area contributed by atoms with Gasteiger partial charge >= 0.3 is 5.97 Å². The molecule has 1 saturated heterocycles. The Kier molecular flexibility index (Phi) is 6.18. The van der Waals surface area contributed by atoms with Crippen LogP contribution in [0.1, 0.15) is 13.8 Å². The van der Waals surface area contributed by atoms with E-state index in [1.54, 1.807) is 0 Å². The third kappa shape index (κ3) is 7.10. The summed E-state index contributed by atoms with van der Waals surface area (Å²) in [7, 11) is 0. The first-order valence-corrected chi connectivity index (χ1v) is 5.75. The molecule has 0 saturated carbocycles. The van der Waals surface area contributed by atoms with Gasteiger partial charge in [-0.05, 0) is 13.8 Å². The summed E-state index contributed by atoms with van der Waals surface area (Å²) in [6, 6.07) is 0. The summed E-state index contributed by atoms with van der Waals surface area (Å²) in [5, 5.41) is 0. The van der Waals surface area contributed by atoms with Crippen molar-refractivity contribution < 1.29 is 23.7 Å². The zero-order valence-corrected chi connectivity index (χ0v) is 10.4. The third-order valence-corrected chi connectivity index (χ3v) is 2.21. The van der Waals surface area contributed by atoms with E-state index < -0.39 is 5.97 Å². The average molecular weight is 244 g/mol. The summed E-state index contributed by atoms with van der Waals surface area (Å²) >= 11 is 0. The Hall–Kier alpha value is -0.910. The van der Waals surface area contributed by atoms with Crippen molar-refractivity contribution in [3.8, 4) is 0 Å². The summed E-state index contributed by atoms with van der Waals surface area (Å²) < 4.78 is 20.8. The van der Waals surface area contributed by atoms with Crippen molar-refractivity contribution in [3.05, 3.63) is 12.7 Å². The van der Waals surface area contributed by atoms with Crippen molar-refractivity contribution in [2.45, 2.75) is 32.2 Å². The Balaban J connectivity index is 1.98. The molecule has 1 heterocycles. The molecule has 1 aliphatic rings. The van der Waals surface area contributed by atoms with Crippen molar-refractivity contribution in [2.24, 2.45) is 0 Å². The maximum absolute atomic E-state index is 10.8. The molecule has 0 aromatic rings. The average Bonchev–Trinajstić information content (AvgIpc) is 3.14. The molecule has 0 N–H and O–H groups in total. The standard InChI is InChI=1S/C12H20O5/c1-4-12(13)17-6-10(3)14-5-9(2)15-7-11-8-16-11/h4,9-11H,1,5-8H2,2-3H3. The van der Waals surface area contributed by atoms with Crippen LogP contribution in [0.4, 0.5) is 0 Å². The van der Waals surface area contributed by atoms with Crippen molar-refractivity contribution in [1.29, 1.82) is 0 Å². The summed E-state index contributed by atoms with van der Waals surface area (Å²) in [5.74, 6) is -0.435. The third-order valence-electron chi connectivity index (χ3n) is 2.21. The minimum absolute atomic E-state index is 0.0109. The number of carbonyl (C=O) groups is 1. The van der Waals surface area contributed by atoms with E-state index in [1.807, 2.05) is 13.8 Å². The molecule has 98 valence electrons. The molecule has 1 fully saturated rings. The highest BCUT2D eigenvalue weighted by atomic mass is 16.6. The van der Waals surface area contributed by atoms with Gasteiger partial charge in [-0.1, -0.05) is 6.58 Å². The normalized spacial score (nSPS) is 21.6. The fourth-order valence-corrected chi connectivity index (χ4v) is 1.09. The van der Waals surface area contributed by atoms with Crippen LogP contribution in [0.25, 0.3) is 0 Å². The summed E-state index contributed by atoms with van der Waals surface area (Å²) in [4.78, 5) is 10.8. The molecule has 0 aromatic carbocycles. The molecule has 3 unspecified atom stereocenters. The van der Waals surface area contributed by atoms with E-state index in [2.05, 4.69) is 6.58 Å². The molecule has 5 heteroatoms. The van der Waals surface area contributed by atoms with Gasteiger partial charge in [0.15, 0.2) is 0 Å². The van der Waals surface area contributed by atoms with Crippen molar-refractivity contribution in [1.82, 2.24) is 0 Å². The summed E-state index contributed by atoms with van der Waals surface area (Å²) in [6.45, 7) is 9.19.